The number of hydrogen-bond donors (Lipinski definition) is 1. The van der Waals surface area contributed by atoms with Gasteiger partial charge in [0.1, 0.15) is 12.7 Å². The van der Waals surface area contributed by atoms with Crippen LogP contribution in [0, 0.1) is 0 Å². The summed E-state index contributed by atoms with van der Waals surface area (Å²) in [7, 11) is 0.659. The van der Waals surface area contributed by atoms with Gasteiger partial charge in [0.2, 0.25) is 0 Å². The lowest BCUT2D eigenvalue weighted by Crippen LogP contribution is -2.25. The van der Waals surface area contributed by atoms with Crippen LogP contribution in [0.2, 0.25) is 5.02 Å². The molecule has 2 atom stereocenters. The monoisotopic (exact) mass is 488 g/mol. The van der Waals surface area contributed by atoms with Crippen LogP contribution in [-0.4, -0.2) is 29.5 Å². The number of hydrogen-bond acceptors (Lipinski definition) is 5. The second-order valence-electron chi connectivity index (χ2n) is 8.53. The minimum Gasteiger partial charge on any atom is -0.360 e. The fourth-order valence-corrected chi connectivity index (χ4v) is 5.72. The average Bonchev–Trinajstić information content (AvgIpc) is 3.57. The van der Waals surface area contributed by atoms with Crippen molar-refractivity contribution < 1.29 is 0 Å². The second kappa shape index (κ2) is 8.49. The highest BCUT2D eigenvalue weighted by Gasteiger charge is 2.24. The lowest BCUT2D eigenvalue weighted by atomic mass is 10.1. The minimum atomic E-state index is -0.245. The molecule has 0 bridgehead atoms. The van der Waals surface area contributed by atoms with Crippen LogP contribution < -0.4 is 10.9 Å². The molecule has 0 amide bonds. The van der Waals surface area contributed by atoms with Gasteiger partial charge in [-0.2, -0.15) is 0 Å². The first-order valence-corrected chi connectivity index (χ1v) is 12.6. The maximum Gasteiger partial charge on any atom is 0.264 e. The van der Waals surface area contributed by atoms with E-state index in [1.807, 2.05) is 61.8 Å². The van der Waals surface area contributed by atoms with E-state index in [0.29, 0.717) is 25.0 Å². The van der Waals surface area contributed by atoms with Crippen molar-refractivity contribution in [3.05, 3.63) is 88.3 Å². The highest BCUT2D eigenvalue weighted by molar-refractivity contribution is 7.37. The summed E-state index contributed by atoms with van der Waals surface area (Å²) in [5.74, 6) is 0.648. The molecule has 1 aliphatic carbocycles. The summed E-state index contributed by atoms with van der Waals surface area (Å²) in [6, 6.07) is 16.9. The van der Waals surface area contributed by atoms with Crippen LogP contribution in [0.3, 0.4) is 0 Å². The Morgan fingerprint density at radius 2 is 1.91 bits per heavy atom. The van der Waals surface area contributed by atoms with Crippen LogP contribution in [0.1, 0.15) is 31.5 Å². The standard InChI is InChI=1S/C25H22ClN6OP/c1-15(30-23-22-24(28-13-27-23)31(14-29-22)34-18-10-11-18)20-12-16-6-5-9-19(26)21(16)25(33)32(20)17-7-3-2-4-8-17/h2-9,12-15,18,34H,10-11H2,1H3,(H,27,28,30)/t15-/m0/s1. The van der Waals surface area contributed by atoms with Gasteiger partial charge in [-0.15, -0.1) is 0 Å². The molecule has 3 aromatic heterocycles. The van der Waals surface area contributed by atoms with E-state index in [1.54, 1.807) is 17.0 Å². The number of benzene rings is 2. The van der Waals surface area contributed by atoms with Gasteiger partial charge in [0, 0.05) is 11.4 Å². The Balaban J connectivity index is 1.46. The van der Waals surface area contributed by atoms with Gasteiger partial charge in [-0.05, 0) is 63.8 Å². The molecule has 1 unspecified atom stereocenters. The first-order chi connectivity index (χ1) is 16.6. The number of aromatic nitrogens is 5. The number of rotatable bonds is 6. The number of nitrogens with zero attached hydrogens (tertiary/aromatic N) is 5. The summed E-state index contributed by atoms with van der Waals surface area (Å²) in [4.78, 5) is 27.2. The van der Waals surface area contributed by atoms with Gasteiger partial charge in [0.05, 0.1) is 16.5 Å². The molecule has 170 valence electrons. The van der Waals surface area contributed by atoms with Gasteiger partial charge in [-0.1, -0.05) is 41.9 Å². The van der Waals surface area contributed by atoms with E-state index >= 15 is 0 Å². The van der Waals surface area contributed by atoms with Gasteiger partial charge < -0.3 is 5.32 Å². The number of imidazole rings is 1. The van der Waals surface area contributed by atoms with Gasteiger partial charge in [-0.25, -0.2) is 15.0 Å². The molecule has 3 heterocycles. The molecule has 0 saturated heterocycles. The molecular weight excluding hydrogens is 467 g/mol. The predicted octanol–water partition coefficient (Wildman–Crippen LogP) is 5.56. The number of fused-ring (bicyclic) bond motifs is 2. The number of halogens is 1. The SMILES string of the molecule is C[C@H](Nc1ncnc2c1ncn2PC1CC1)c1cc2cccc(Cl)c2c(=O)n1-c1ccccc1. The maximum absolute atomic E-state index is 13.7. The Morgan fingerprint density at radius 1 is 1.09 bits per heavy atom. The first-order valence-electron chi connectivity index (χ1n) is 11.2. The third-order valence-corrected chi connectivity index (χ3v) is 7.93. The highest BCUT2D eigenvalue weighted by Crippen LogP contribution is 2.41. The zero-order valence-electron chi connectivity index (χ0n) is 18.4. The largest absolute Gasteiger partial charge is 0.360 e. The van der Waals surface area contributed by atoms with Crippen molar-refractivity contribution in [1.29, 1.82) is 0 Å². The Hall–Kier alpha value is -3.28. The summed E-state index contributed by atoms with van der Waals surface area (Å²) >= 11 is 6.44. The van der Waals surface area contributed by atoms with E-state index in [9.17, 15) is 4.79 Å². The van der Waals surface area contributed by atoms with E-state index in [0.717, 1.165) is 33.6 Å². The number of pyridine rings is 1. The molecule has 34 heavy (non-hydrogen) atoms. The van der Waals surface area contributed by atoms with Crippen molar-refractivity contribution in [2.75, 3.05) is 5.32 Å². The molecule has 1 fully saturated rings. The van der Waals surface area contributed by atoms with Gasteiger partial charge >= 0.3 is 0 Å². The van der Waals surface area contributed by atoms with E-state index < -0.39 is 0 Å². The van der Waals surface area contributed by atoms with Crippen LogP contribution in [0.15, 0.2) is 72.0 Å². The summed E-state index contributed by atoms with van der Waals surface area (Å²) in [5.41, 5.74) is 3.74. The molecule has 1 saturated carbocycles. The third kappa shape index (κ3) is 3.75. The van der Waals surface area contributed by atoms with Crippen LogP contribution in [0.4, 0.5) is 5.82 Å². The Bertz CT molecular complexity index is 1580. The maximum atomic E-state index is 13.7. The van der Waals surface area contributed by atoms with E-state index in [1.165, 1.54) is 12.8 Å². The molecule has 6 rings (SSSR count). The van der Waals surface area contributed by atoms with Crippen molar-refractivity contribution in [2.45, 2.75) is 31.5 Å². The summed E-state index contributed by atoms with van der Waals surface area (Å²) < 4.78 is 3.85. The number of nitrogens with one attached hydrogen (secondary N) is 1. The topological polar surface area (TPSA) is 77.6 Å². The normalized spacial score (nSPS) is 14.9. The van der Waals surface area contributed by atoms with Crippen LogP contribution in [-0.2, 0) is 0 Å². The quantitative estimate of drug-likeness (QED) is 0.316. The van der Waals surface area contributed by atoms with E-state index in [4.69, 9.17) is 11.6 Å². The van der Waals surface area contributed by atoms with Crippen molar-refractivity contribution in [2.24, 2.45) is 0 Å². The van der Waals surface area contributed by atoms with Crippen LogP contribution >= 0.6 is 20.3 Å². The Morgan fingerprint density at radius 3 is 2.71 bits per heavy atom. The molecule has 0 radical (unpaired) electrons. The van der Waals surface area contributed by atoms with Gasteiger partial charge in [0.25, 0.3) is 5.56 Å². The molecule has 5 aromatic rings. The Kier molecular flexibility index (Phi) is 5.31. The summed E-state index contributed by atoms with van der Waals surface area (Å²) in [6.07, 6.45) is 5.96. The summed E-state index contributed by atoms with van der Waals surface area (Å²) in [5, 5.41) is 5.24. The van der Waals surface area contributed by atoms with E-state index in [-0.39, 0.29) is 11.6 Å². The second-order valence-corrected chi connectivity index (χ2v) is 10.5. The zero-order valence-corrected chi connectivity index (χ0v) is 20.2. The fourth-order valence-electron chi connectivity index (χ4n) is 4.22. The molecular formula is C25H22ClN6OP. The fraction of sp³-hybridized carbons (Fsp3) is 0.200. The Labute approximate surface area is 202 Å². The average molecular weight is 489 g/mol. The minimum absolute atomic E-state index is 0.152. The van der Waals surface area contributed by atoms with E-state index in [2.05, 4.69) is 24.6 Å². The van der Waals surface area contributed by atoms with Crippen LogP contribution in [0.25, 0.3) is 27.6 Å². The zero-order chi connectivity index (χ0) is 23.2. The lowest BCUT2D eigenvalue weighted by Gasteiger charge is -2.21. The molecule has 9 heteroatoms. The lowest BCUT2D eigenvalue weighted by molar-refractivity contribution is 0.774. The molecule has 7 nitrogen and oxygen atoms in total. The number of anilines is 1. The van der Waals surface area contributed by atoms with Crippen LogP contribution in [0.5, 0.6) is 0 Å². The van der Waals surface area contributed by atoms with Crippen molar-refractivity contribution in [3.8, 4) is 5.69 Å². The predicted molar refractivity (Wildman–Crippen MR) is 139 cm³/mol. The van der Waals surface area contributed by atoms with Crippen molar-refractivity contribution in [3.63, 3.8) is 0 Å². The van der Waals surface area contributed by atoms with Crippen molar-refractivity contribution >= 4 is 48.1 Å². The van der Waals surface area contributed by atoms with Crippen molar-refractivity contribution in [1.82, 2.24) is 23.9 Å². The molecule has 1 aliphatic rings. The molecule has 1 N–H and O–H groups in total. The smallest absolute Gasteiger partial charge is 0.264 e. The number of para-hydroxylation sites is 1. The summed E-state index contributed by atoms with van der Waals surface area (Å²) in [6.45, 7) is 2.02. The van der Waals surface area contributed by atoms with Gasteiger partial charge in [-0.3, -0.25) is 13.7 Å². The highest BCUT2D eigenvalue weighted by atomic mass is 35.5. The van der Waals surface area contributed by atoms with Gasteiger partial charge in [0.15, 0.2) is 17.0 Å². The third-order valence-electron chi connectivity index (χ3n) is 6.07. The first kappa shape index (κ1) is 21.3. The molecule has 0 spiro atoms. The molecule has 2 aromatic carbocycles. The molecule has 0 aliphatic heterocycles.